The maximum Gasteiger partial charge on any atom is 0.206 e. The van der Waals surface area contributed by atoms with Crippen LogP contribution in [0.4, 0.5) is 4.39 Å². The lowest BCUT2D eigenvalue weighted by Gasteiger charge is -2.23. The third-order valence-electron chi connectivity index (χ3n) is 3.76. The maximum absolute atomic E-state index is 13.0. The number of aliphatic imine (C=N–C) groups is 2. The van der Waals surface area contributed by atoms with E-state index in [2.05, 4.69) is 9.98 Å². The number of nitrogens with zero attached hydrogens (tertiary/aromatic N) is 4. The SMILES string of the molecule is Cc1ccc2c(c1)C(=NC#N)c1ccc(CF)cc1C2=NC#N. The molecule has 0 N–H and O–H groups in total. The summed E-state index contributed by atoms with van der Waals surface area (Å²) in [4.78, 5) is 7.88. The number of rotatable bonds is 1. The monoisotopic (exact) mass is 302 g/mol. The molecular formula is C18H11FN4. The Hall–Kier alpha value is -3.31. The lowest BCUT2D eigenvalue weighted by molar-refractivity contribution is 0.485. The van der Waals surface area contributed by atoms with Gasteiger partial charge in [-0.05, 0) is 24.6 Å². The van der Waals surface area contributed by atoms with Gasteiger partial charge in [-0.25, -0.2) is 4.39 Å². The molecule has 0 radical (unpaired) electrons. The smallest absolute Gasteiger partial charge is 0.206 e. The highest BCUT2D eigenvalue weighted by Crippen LogP contribution is 2.30. The lowest BCUT2D eigenvalue weighted by Crippen LogP contribution is -2.22. The number of halogens is 1. The van der Waals surface area contributed by atoms with E-state index in [0.29, 0.717) is 28.1 Å². The number of fused-ring (bicyclic) bond motifs is 2. The fourth-order valence-corrected chi connectivity index (χ4v) is 2.77. The summed E-state index contributed by atoms with van der Waals surface area (Å²) >= 11 is 0. The molecule has 4 nitrogen and oxygen atoms in total. The van der Waals surface area contributed by atoms with Crippen LogP contribution in [-0.4, -0.2) is 11.4 Å². The zero-order valence-corrected chi connectivity index (χ0v) is 12.3. The topological polar surface area (TPSA) is 72.3 Å². The van der Waals surface area contributed by atoms with Crippen molar-refractivity contribution in [1.82, 2.24) is 0 Å². The van der Waals surface area contributed by atoms with Gasteiger partial charge in [0.15, 0.2) is 0 Å². The molecule has 0 aliphatic heterocycles. The summed E-state index contributed by atoms with van der Waals surface area (Å²) in [6, 6.07) is 10.7. The molecule has 0 saturated carbocycles. The first-order valence-electron chi connectivity index (χ1n) is 6.94. The Morgan fingerprint density at radius 2 is 1.43 bits per heavy atom. The normalized spacial score (nSPS) is 15.7. The molecular weight excluding hydrogens is 291 g/mol. The highest BCUT2D eigenvalue weighted by molar-refractivity contribution is 6.32. The molecule has 0 amide bonds. The van der Waals surface area contributed by atoms with Crippen LogP contribution in [0.1, 0.15) is 33.4 Å². The van der Waals surface area contributed by atoms with Gasteiger partial charge in [0.25, 0.3) is 0 Å². The van der Waals surface area contributed by atoms with Gasteiger partial charge in [-0.15, -0.1) is 0 Å². The minimum absolute atomic E-state index is 0.477. The largest absolute Gasteiger partial charge is 0.246 e. The molecule has 3 rings (SSSR count). The number of aryl methyl sites for hydroxylation is 1. The summed E-state index contributed by atoms with van der Waals surface area (Å²) in [5.74, 6) is 0. The standard InChI is InChI=1S/C18H11FN4/c1-11-2-4-13-15(6-11)17(22-9-20)14-5-3-12(8-19)7-16(14)18(13)23-10-21/h2-7H,8H2,1H3. The third kappa shape index (κ3) is 2.39. The van der Waals surface area contributed by atoms with Gasteiger partial charge in [0.05, 0.1) is 11.4 Å². The number of benzene rings is 2. The van der Waals surface area contributed by atoms with E-state index in [4.69, 9.17) is 10.5 Å². The minimum atomic E-state index is -0.613. The number of nitriles is 2. The molecule has 0 aromatic heterocycles. The Bertz CT molecular complexity index is 942. The average molecular weight is 302 g/mol. The Labute approximate surface area is 132 Å². The molecule has 110 valence electrons. The van der Waals surface area contributed by atoms with Crippen molar-refractivity contribution in [3.63, 3.8) is 0 Å². The fraction of sp³-hybridized carbons (Fsp3) is 0.111. The molecule has 0 bridgehead atoms. The fourth-order valence-electron chi connectivity index (χ4n) is 2.77. The van der Waals surface area contributed by atoms with Crippen LogP contribution in [0.3, 0.4) is 0 Å². The minimum Gasteiger partial charge on any atom is -0.246 e. The van der Waals surface area contributed by atoms with Gasteiger partial charge in [0.1, 0.15) is 6.67 Å². The van der Waals surface area contributed by atoms with Crippen molar-refractivity contribution in [1.29, 1.82) is 10.5 Å². The van der Waals surface area contributed by atoms with Crippen LogP contribution < -0.4 is 0 Å². The first-order valence-corrected chi connectivity index (χ1v) is 6.94. The molecule has 0 saturated heterocycles. The summed E-state index contributed by atoms with van der Waals surface area (Å²) in [6.45, 7) is 1.33. The van der Waals surface area contributed by atoms with Crippen molar-refractivity contribution < 1.29 is 4.39 Å². The molecule has 23 heavy (non-hydrogen) atoms. The lowest BCUT2D eigenvalue weighted by atomic mass is 9.81. The van der Waals surface area contributed by atoms with E-state index in [1.165, 1.54) is 0 Å². The van der Waals surface area contributed by atoms with Crippen LogP contribution >= 0.6 is 0 Å². The van der Waals surface area contributed by atoms with Crippen molar-refractivity contribution >= 4 is 11.4 Å². The van der Waals surface area contributed by atoms with E-state index in [9.17, 15) is 4.39 Å². The first-order chi connectivity index (χ1) is 11.2. The van der Waals surface area contributed by atoms with Gasteiger partial charge >= 0.3 is 0 Å². The summed E-state index contributed by atoms with van der Waals surface area (Å²) in [7, 11) is 0. The molecule has 2 aromatic rings. The van der Waals surface area contributed by atoms with Crippen LogP contribution in [0.2, 0.25) is 0 Å². The second-order valence-corrected chi connectivity index (χ2v) is 5.18. The van der Waals surface area contributed by atoms with Crippen molar-refractivity contribution in [2.75, 3.05) is 0 Å². The molecule has 0 spiro atoms. The summed E-state index contributed by atoms with van der Waals surface area (Å²) < 4.78 is 13.0. The summed E-state index contributed by atoms with van der Waals surface area (Å²) in [6.07, 6.45) is 3.63. The van der Waals surface area contributed by atoms with Crippen molar-refractivity contribution in [2.45, 2.75) is 13.6 Å². The molecule has 1 aliphatic rings. The van der Waals surface area contributed by atoms with Crippen LogP contribution in [0.15, 0.2) is 46.4 Å². The van der Waals surface area contributed by atoms with E-state index in [-0.39, 0.29) is 0 Å². The maximum atomic E-state index is 13.0. The Morgan fingerprint density at radius 3 is 2.00 bits per heavy atom. The predicted octanol–water partition coefficient (Wildman–Crippen LogP) is 3.41. The Kier molecular flexibility index (Phi) is 3.70. The number of hydrogen-bond acceptors (Lipinski definition) is 4. The Morgan fingerprint density at radius 1 is 0.870 bits per heavy atom. The second kappa shape index (κ2) is 5.82. The van der Waals surface area contributed by atoms with Crippen LogP contribution in [-0.2, 0) is 6.67 Å². The third-order valence-corrected chi connectivity index (χ3v) is 3.76. The second-order valence-electron chi connectivity index (χ2n) is 5.18. The highest BCUT2D eigenvalue weighted by Gasteiger charge is 2.27. The number of hydrogen-bond donors (Lipinski definition) is 0. The molecule has 0 unspecified atom stereocenters. The molecule has 5 heteroatoms. The summed E-state index contributed by atoms with van der Waals surface area (Å²) in [5.41, 5.74) is 5.25. The van der Waals surface area contributed by atoms with Crippen molar-refractivity contribution in [2.24, 2.45) is 9.98 Å². The molecule has 0 atom stereocenters. The Balaban J connectivity index is 2.40. The van der Waals surface area contributed by atoms with E-state index in [1.807, 2.05) is 37.5 Å². The van der Waals surface area contributed by atoms with E-state index in [1.54, 1.807) is 18.2 Å². The van der Waals surface area contributed by atoms with Gasteiger partial charge < -0.3 is 0 Å². The van der Waals surface area contributed by atoms with Gasteiger partial charge in [-0.2, -0.15) is 20.5 Å². The molecule has 0 fully saturated rings. The van der Waals surface area contributed by atoms with E-state index < -0.39 is 6.67 Å². The van der Waals surface area contributed by atoms with Gasteiger partial charge in [-0.3, -0.25) is 0 Å². The van der Waals surface area contributed by atoms with Crippen LogP contribution in [0.25, 0.3) is 0 Å². The zero-order valence-electron chi connectivity index (χ0n) is 12.3. The average Bonchev–Trinajstić information content (AvgIpc) is 2.57. The van der Waals surface area contributed by atoms with Gasteiger partial charge in [0.2, 0.25) is 12.4 Å². The van der Waals surface area contributed by atoms with E-state index >= 15 is 0 Å². The van der Waals surface area contributed by atoms with Crippen LogP contribution in [0.5, 0.6) is 0 Å². The van der Waals surface area contributed by atoms with Gasteiger partial charge in [-0.1, -0.05) is 29.8 Å². The van der Waals surface area contributed by atoms with Gasteiger partial charge in [0, 0.05) is 22.3 Å². The highest BCUT2D eigenvalue weighted by atomic mass is 19.1. The first kappa shape index (κ1) is 14.6. The van der Waals surface area contributed by atoms with Crippen LogP contribution in [0, 0.1) is 29.8 Å². The molecule has 0 heterocycles. The zero-order chi connectivity index (χ0) is 16.4. The molecule has 2 aromatic carbocycles. The predicted molar refractivity (Wildman–Crippen MR) is 84.9 cm³/mol. The number of alkyl halides is 1. The van der Waals surface area contributed by atoms with E-state index in [0.717, 1.165) is 16.7 Å². The van der Waals surface area contributed by atoms with Crippen molar-refractivity contribution in [3.05, 3.63) is 69.8 Å². The summed E-state index contributed by atoms with van der Waals surface area (Å²) in [5, 5.41) is 18.1. The quantitative estimate of drug-likeness (QED) is 0.646. The molecule has 1 aliphatic carbocycles. The van der Waals surface area contributed by atoms with Crippen molar-refractivity contribution in [3.8, 4) is 12.4 Å².